The van der Waals surface area contributed by atoms with Crippen LogP contribution in [-0.4, -0.2) is 73.5 Å². The van der Waals surface area contributed by atoms with Crippen LogP contribution in [0.2, 0.25) is 0 Å². The van der Waals surface area contributed by atoms with Gasteiger partial charge in [0.15, 0.2) is 5.96 Å². The van der Waals surface area contributed by atoms with Gasteiger partial charge in [-0.05, 0) is 46.1 Å². The van der Waals surface area contributed by atoms with Gasteiger partial charge in [0, 0.05) is 38.3 Å². The lowest BCUT2D eigenvalue weighted by atomic mass is 9.82. The van der Waals surface area contributed by atoms with Crippen molar-refractivity contribution in [3.63, 3.8) is 0 Å². The van der Waals surface area contributed by atoms with Crippen LogP contribution in [0.15, 0.2) is 4.99 Å². The van der Waals surface area contributed by atoms with Crippen molar-refractivity contribution in [3.05, 3.63) is 0 Å². The second kappa shape index (κ2) is 10.5. The molecule has 0 aromatic carbocycles. The van der Waals surface area contributed by atoms with Crippen LogP contribution in [0.25, 0.3) is 0 Å². The van der Waals surface area contributed by atoms with E-state index in [-0.39, 0.29) is 36.4 Å². The zero-order valence-corrected chi connectivity index (χ0v) is 18.7. The lowest BCUT2D eigenvalue weighted by Crippen LogP contribution is -2.57. The number of nitrogens with zero attached hydrogens (tertiary/aromatic N) is 3. The highest BCUT2D eigenvalue weighted by atomic mass is 127. The molecule has 3 unspecified atom stereocenters. The lowest BCUT2D eigenvalue weighted by Gasteiger charge is -2.47. The Morgan fingerprint density at radius 3 is 2.40 bits per heavy atom. The number of likely N-dealkylation sites (N-methyl/N-ethyl adjacent to an activating group) is 1. The fourth-order valence-corrected chi connectivity index (χ4v) is 3.68. The van der Waals surface area contributed by atoms with Gasteiger partial charge < -0.3 is 20.4 Å². The van der Waals surface area contributed by atoms with Crippen molar-refractivity contribution in [3.8, 4) is 0 Å². The summed E-state index contributed by atoms with van der Waals surface area (Å²) >= 11 is 0. The third-order valence-corrected chi connectivity index (χ3v) is 5.55. The zero-order chi connectivity index (χ0) is 17.7. The van der Waals surface area contributed by atoms with Crippen molar-refractivity contribution < 1.29 is 4.79 Å². The van der Waals surface area contributed by atoms with E-state index < -0.39 is 0 Å². The molecule has 2 bridgehead atoms. The van der Waals surface area contributed by atoms with Gasteiger partial charge in [0.05, 0.1) is 0 Å². The Balaban J connectivity index is 0.00000312. The molecule has 0 aromatic rings. The minimum absolute atomic E-state index is 0. The monoisotopic (exact) mass is 465 g/mol. The number of hydrogen-bond acceptors (Lipinski definition) is 3. The number of nitrogens with one attached hydrogen (secondary N) is 2. The molecule has 6 nitrogen and oxygen atoms in total. The van der Waals surface area contributed by atoms with E-state index >= 15 is 0 Å². The maximum Gasteiger partial charge on any atom is 0.243 e. The largest absolute Gasteiger partial charge is 0.354 e. The molecule has 25 heavy (non-hydrogen) atoms. The van der Waals surface area contributed by atoms with Crippen molar-refractivity contribution in [2.24, 2.45) is 4.99 Å². The minimum Gasteiger partial charge on any atom is -0.354 e. The number of rotatable bonds is 5. The number of aliphatic imine (C=N–C) groups is 1. The summed E-state index contributed by atoms with van der Waals surface area (Å²) < 4.78 is 0. The molecule has 2 heterocycles. The molecule has 7 heteroatoms. The Hall–Kier alpha value is -0.570. The number of carbonyl (C=O) groups excluding carboxylic acids is 1. The molecule has 2 rings (SSSR count). The summed E-state index contributed by atoms with van der Waals surface area (Å²) in [6, 6.07) is 2.16. The van der Waals surface area contributed by atoms with Crippen molar-refractivity contribution in [2.75, 3.05) is 27.7 Å². The van der Waals surface area contributed by atoms with Gasteiger partial charge in [-0.2, -0.15) is 0 Å². The fourth-order valence-electron chi connectivity index (χ4n) is 3.68. The summed E-state index contributed by atoms with van der Waals surface area (Å²) in [5.41, 5.74) is 0. The number of carbonyl (C=O) groups is 1. The second-order valence-electron chi connectivity index (χ2n) is 7.62. The van der Waals surface area contributed by atoms with Gasteiger partial charge in [0.1, 0.15) is 6.54 Å². The van der Waals surface area contributed by atoms with E-state index in [4.69, 9.17) is 0 Å². The van der Waals surface area contributed by atoms with Crippen LogP contribution in [-0.2, 0) is 4.79 Å². The predicted octanol–water partition coefficient (Wildman–Crippen LogP) is 2.04. The minimum atomic E-state index is 0. The number of hydrogen-bond donors (Lipinski definition) is 2. The first-order valence-corrected chi connectivity index (χ1v) is 9.40. The highest BCUT2D eigenvalue weighted by molar-refractivity contribution is 14.0. The molecule has 0 radical (unpaired) electrons. The molecule has 3 atom stereocenters. The summed E-state index contributed by atoms with van der Waals surface area (Å²) in [6.45, 7) is 4.49. The molecule has 146 valence electrons. The number of halogens is 1. The second-order valence-corrected chi connectivity index (χ2v) is 7.62. The van der Waals surface area contributed by atoms with Crippen LogP contribution in [0.5, 0.6) is 0 Å². The van der Waals surface area contributed by atoms with E-state index in [1.165, 1.54) is 19.3 Å². The summed E-state index contributed by atoms with van der Waals surface area (Å²) in [7, 11) is 5.81. The molecular formula is C18H36IN5O. The van der Waals surface area contributed by atoms with Crippen molar-refractivity contribution in [1.82, 2.24) is 20.4 Å². The average molecular weight is 465 g/mol. The molecular weight excluding hydrogens is 429 g/mol. The van der Waals surface area contributed by atoms with Crippen molar-refractivity contribution in [1.29, 1.82) is 0 Å². The quantitative estimate of drug-likeness (QED) is 0.371. The van der Waals surface area contributed by atoms with E-state index in [0.717, 1.165) is 25.2 Å². The number of guanidine groups is 1. The third-order valence-electron chi connectivity index (χ3n) is 5.55. The first-order valence-electron chi connectivity index (χ1n) is 9.40. The van der Waals surface area contributed by atoms with Gasteiger partial charge in [0.2, 0.25) is 5.91 Å². The van der Waals surface area contributed by atoms with Crippen LogP contribution >= 0.6 is 24.0 Å². The maximum absolute atomic E-state index is 11.9. The van der Waals surface area contributed by atoms with Gasteiger partial charge in [-0.15, -0.1) is 24.0 Å². The van der Waals surface area contributed by atoms with Gasteiger partial charge in [-0.25, -0.2) is 4.99 Å². The molecule has 2 aliphatic rings. The number of amides is 1. The third kappa shape index (κ3) is 6.58. The van der Waals surface area contributed by atoms with Crippen LogP contribution in [0, 0.1) is 0 Å². The number of fused-ring (bicyclic) bond motifs is 2. The standard InChI is InChI=1S/C18H35N5O.HI/c1-6-13(2)20-18(19-12-17(24)22(3)4)21-14-10-15-8-7-9-16(11-14)23(15)5;/h13-16H,6-12H2,1-5H3,(H2,19,20,21);1H. The normalized spacial score (nSPS) is 27.9. The molecule has 0 aromatic heterocycles. The number of piperidine rings is 2. The zero-order valence-electron chi connectivity index (χ0n) is 16.4. The molecule has 2 saturated heterocycles. The molecule has 0 aliphatic carbocycles. The van der Waals surface area contributed by atoms with Crippen LogP contribution < -0.4 is 10.6 Å². The molecule has 0 spiro atoms. The molecule has 0 saturated carbocycles. The van der Waals surface area contributed by atoms with Crippen molar-refractivity contribution in [2.45, 2.75) is 76.5 Å². The van der Waals surface area contributed by atoms with Crippen LogP contribution in [0.1, 0.15) is 52.4 Å². The maximum atomic E-state index is 11.9. The smallest absolute Gasteiger partial charge is 0.243 e. The van der Waals surface area contributed by atoms with E-state index in [2.05, 4.69) is 41.4 Å². The topological polar surface area (TPSA) is 60.0 Å². The summed E-state index contributed by atoms with van der Waals surface area (Å²) in [4.78, 5) is 20.5. The first kappa shape index (κ1) is 22.5. The van der Waals surface area contributed by atoms with E-state index in [1.807, 2.05) is 0 Å². The lowest BCUT2D eigenvalue weighted by molar-refractivity contribution is -0.127. The SMILES string of the molecule is CCC(C)NC(=NCC(=O)N(C)C)NC1CC2CCCC(C1)N2C.I. The Labute approximate surface area is 170 Å². The predicted molar refractivity (Wildman–Crippen MR) is 115 cm³/mol. The Morgan fingerprint density at radius 1 is 1.28 bits per heavy atom. The van der Waals surface area contributed by atoms with Crippen LogP contribution in [0.4, 0.5) is 0 Å². The molecule has 1 amide bonds. The average Bonchev–Trinajstić information content (AvgIpc) is 2.52. The van der Waals surface area contributed by atoms with Gasteiger partial charge in [-0.3, -0.25) is 4.79 Å². The van der Waals surface area contributed by atoms with E-state index in [1.54, 1.807) is 19.0 Å². The highest BCUT2D eigenvalue weighted by Gasteiger charge is 2.36. The Kier molecular flexibility index (Phi) is 9.48. The Morgan fingerprint density at radius 2 is 1.88 bits per heavy atom. The summed E-state index contributed by atoms with van der Waals surface area (Å²) in [5.74, 6) is 0.813. The Bertz CT molecular complexity index is 443. The van der Waals surface area contributed by atoms with Crippen LogP contribution in [0.3, 0.4) is 0 Å². The fraction of sp³-hybridized carbons (Fsp3) is 0.889. The molecule has 2 fully saturated rings. The van der Waals surface area contributed by atoms with Gasteiger partial charge >= 0.3 is 0 Å². The summed E-state index contributed by atoms with van der Waals surface area (Å²) in [5, 5.41) is 7.05. The van der Waals surface area contributed by atoms with Gasteiger partial charge in [0.25, 0.3) is 0 Å². The molecule has 2 aliphatic heterocycles. The highest BCUT2D eigenvalue weighted by Crippen LogP contribution is 2.32. The van der Waals surface area contributed by atoms with Crippen molar-refractivity contribution >= 4 is 35.8 Å². The molecule has 2 N–H and O–H groups in total. The first-order chi connectivity index (χ1) is 11.4. The van der Waals surface area contributed by atoms with Gasteiger partial charge in [-0.1, -0.05) is 13.3 Å². The van der Waals surface area contributed by atoms with E-state index in [0.29, 0.717) is 24.2 Å². The summed E-state index contributed by atoms with van der Waals surface area (Å²) in [6.07, 6.45) is 7.31. The van der Waals surface area contributed by atoms with E-state index in [9.17, 15) is 4.79 Å².